The Morgan fingerprint density at radius 1 is 1.25 bits per heavy atom. The molecule has 0 amide bonds. The minimum absolute atomic E-state index is 0.0165. The summed E-state index contributed by atoms with van der Waals surface area (Å²) in [5, 5.41) is 1.33. The summed E-state index contributed by atoms with van der Waals surface area (Å²) < 4.78 is 23.4. The Kier molecular flexibility index (Phi) is 3.13. The number of rotatable bonds is 1. The number of nitrogens with zero attached hydrogens (tertiary/aromatic N) is 1. The summed E-state index contributed by atoms with van der Waals surface area (Å²) in [6, 6.07) is 4.64. The van der Waals surface area contributed by atoms with Crippen LogP contribution in [0.2, 0.25) is 5.15 Å². The molecule has 0 aliphatic rings. The van der Waals surface area contributed by atoms with Gasteiger partial charge in [-0.25, -0.2) is 13.4 Å². The van der Waals surface area contributed by atoms with Crippen LogP contribution in [0.3, 0.4) is 0 Å². The largest absolute Gasteiger partial charge is 0.261 e. The molecule has 0 atom stereocenters. The molecule has 3 nitrogen and oxygen atoms in total. The zero-order valence-corrected chi connectivity index (χ0v) is 11.5. The highest BCUT2D eigenvalue weighted by Gasteiger charge is 2.15. The maximum atomic E-state index is 11.4. The first kappa shape index (κ1) is 12.1. The summed E-state index contributed by atoms with van der Waals surface area (Å²) >= 11 is 8.93. The van der Waals surface area contributed by atoms with Crippen molar-refractivity contribution in [3.05, 3.63) is 34.0 Å². The Labute approximate surface area is 110 Å². The van der Waals surface area contributed by atoms with Crippen molar-refractivity contribution in [3.8, 4) is 0 Å². The van der Waals surface area contributed by atoms with Gasteiger partial charge in [0, 0.05) is 32.1 Å². The van der Waals surface area contributed by atoms with Crippen LogP contribution in [-0.4, -0.2) is 13.4 Å². The molecule has 0 aliphatic heterocycles. The highest BCUT2D eigenvalue weighted by molar-refractivity contribution is 9.10. The van der Waals surface area contributed by atoms with E-state index in [0.717, 1.165) is 0 Å². The molecule has 0 unspecified atom stereocenters. The minimum atomic E-state index is -3.81. The molecule has 0 saturated heterocycles. The van der Waals surface area contributed by atoms with Crippen LogP contribution in [0.5, 0.6) is 0 Å². The van der Waals surface area contributed by atoms with Crippen LogP contribution in [-0.2, 0) is 9.05 Å². The summed E-state index contributed by atoms with van der Waals surface area (Å²) in [5.74, 6) is 0. The van der Waals surface area contributed by atoms with E-state index >= 15 is 0 Å². The molecule has 2 aromatic rings. The fourth-order valence-corrected chi connectivity index (χ4v) is 3.24. The Morgan fingerprint density at radius 3 is 2.56 bits per heavy atom. The first-order valence-corrected chi connectivity index (χ1v) is 7.55. The minimum Gasteiger partial charge on any atom is -0.244 e. The molecule has 84 valence electrons. The number of pyridine rings is 1. The van der Waals surface area contributed by atoms with Gasteiger partial charge in [0.15, 0.2) is 0 Å². The second kappa shape index (κ2) is 4.14. The molecule has 0 bridgehead atoms. The van der Waals surface area contributed by atoms with Crippen LogP contribution in [0.15, 0.2) is 33.8 Å². The fraction of sp³-hybridized carbons (Fsp3) is 0. The maximum absolute atomic E-state index is 11.4. The summed E-state index contributed by atoms with van der Waals surface area (Å²) in [4.78, 5) is 3.89. The average molecular weight is 341 g/mol. The summed E-state index contributed by atoms with van der Waals surface area (Å²) in [7, 11) is 1.54. The first-order chi connectivity index (χ1) is 7.38. The quantitative estimate of drug-likeness (QED) is 0.588. The number of fused-ring (bicyclic) bond motifs is 1. The molecule has 0 N–H and O–H groups in total. The molecule has 2 rings (SSSR count). The highest BCUT2D eigenvalue weighted by Crippen LogP contribution is 2.30. The van der Waals surface area contributed by atoms with Crippen molar-refractivity contribution < 1.29 is 8.42 Å². The molecule has 0 saturated carbocycles. The molecule has 1 aromatic heterocycles. The van der Waals surface area contributed by atoms with E-state index in [-0.39, 0.29) is 10.0 Å². The van der Waals surface area contributed by atoms with E-state index in [1.807, 2.05) is 0 Å². The lowest BCUT2D eigenvalue weighted by atomic mass is 10.2. The van der Waals surface area contributed by atoms with Crippen LogP contribution in [0.4, 0.5) is 0 Å². The zero-order chi connectivity index (χ0) is 11.9. The Morgan fingerprint density at radius 2 is 1.94 bits per heavy atom. The van der Waals surface area contributed by atoms with Crippen LogP contribution >= 0.6 is 38.2 Å². The van der Waals surface area contributed by atoms with Crippen molar-refractivity contribution >= 4 is 58.0 Å². The van der Waals surface area contributed by atoms with E-state index in [4.69, 9.17) is 22.3 Å². The molecule has 1 aromatic carbocycles. The summed E-state index contributed by atoms with van der Waals surface area (Å²) in [6.45, 7) is 0. The SMILES string of the molecule is O=S(=O)(Cl)c1cc(Br)cc2cnc(Cl)cc12. The maximum Gasteiger partial charge on any atom is 0.261 e. The number of halogens is 3. The van der Waals surface area contributed by atoms with Gasteiger partial charge in [-0.15, -0.1) is 0 Å². The average Bonchev–Trinajstić information content (AvgIpc) is 2.16. The standard InChI is InChI=1S/C9H4BrCl2NO2S/c10-6-1-5-4-13-9(11)3-7(5)8(2-6)16(12,14)15/h1-4H. The second-order valence-corrected chi connectivity index (χ2v) is 6.91. The molecular formula is C9H4BrCl2NO2S. The van der Waals surface area contributed by atoms with Crippen molar-refractivity contribution in [2.75, 3.05) is 0 Å². The monoisotopic (exact) mass is 339 g/mol. The van der Waals surface area contributed by atoms with Crippen molar-refractivity contribution in [2.24, 2.45) is 0 Å². The van der Waals surface area contributed by atoms with Crippen LogP contribution in [0.25, 0.3) is 10.8 Å². The number of aromatic nitrogens is 1. The van der Waals surface area contributed by atoms with Gasteiger partial charge in [0.05, 0.1) is 4.90 Å². The van der Waals surface area contributed by atoms with Gasteiger partial charge in [0.25, 0.3) is 9.05 Å². The lowest BCUT2D eigenvalue weighted by Crippen LogP contribution is -1.93. The number of hydrogen-bond acceptors (Lipinski definition) is 3. The third-order valence-electron chi connectivity index (χ3n) is 1.99. The third-order valence-corrected chi connectivity index (χ3v) is 4.02. The lowest BCUT2D eigenvalue weighted by molar-refractivity contribution is 0.610. The smallest absolute Gasteiger partial charge is 0.244 e. The van der Waals surface area contributed by atoms with Gasteiger partial charge in [-0.05, 0) is 18.2 Å². The van der Waals surface area contributed by atoms with Gasteiger partial charge in [-0.1, -0.05) is 27.5 Å². The lowest BCUT2D eigenvalue weighted by Gasteiger charge is -2.04. The van der Waals surface area contributed by atoms with Gasteiger partial charge in [0.2, 0.25) is 0 Å². The predicted octanol–water partition coefficient (Wildman–Crippen LogP) is 3.58. The van der Waals surface area contributed by atoms with Crippen LogP contribution in [0.1, 0.15) is 0 Å². The van der Waals surface area contributed by atoms with E-state index in [9.17, 15) is 8.42 Å². The fourth-order valence-electron chi connectivity index (χ4n) is 1.36. The Balaban J connectivity index is 2.96. The van der Waals surface area contributed by atoms with E-state index in [1.54, 1.807) is 6.07 Å². The molecular weight excluding hydrogens is 337 g/mol. The van der Waals surface area contributed by atoms with Gasteiger partial charge in [-0.2, -0.15) is 0 Å². The second-order valence-electron chi connectivity index (χ2n) is 3.07. The van der Waals surface area contributed by atoms with E-state index < -0.39 is 9.05 Å². The Hall–Kier alpha value is -0.360. The topological polar surface area (TPSA) is 47.0 Å². The van der Waals surface area contributed by atoms with E-state index in [1.165, 1.54) is 18.3 Å². The van der Waals surface area contributed by atoms with Gasteiger partial charge in [0.1, 0.15) is 5.15 Å². The molecule has 0 fully saturated rings. The molecule has 16 heavy (non-hydrogen) atoms. The van der Waals surface area contributed by atoms with Crippen LogP contribution in [0, 0.1) is 0 Å². The normalized spacial score (nSPS) is 11.9. The van der Waals surface area contributed by atoms with Gasteiger partial charge in [-0.3, -0.25) is 0 Å². The van der Waals surface area contributed by atoms with Crippen molar-refractivity contribution in [1.82, 2.24) is 4.98 Å². The number of hydrogen-bond donors (Lipinski definition) is 0. The van der Waals surface area contributed by atoms with Gasteiger partial charge < -0.3 is 0 Å². The molecule has 0 spiro atoms. The summed E-state index contributed by atoms with van der Waals surface area (Å²) in [5.41, 5.74) is 0. The third kappa shape index (κ3) is 2.32. The summed E-state index contributed by atoms with van der Waals surface area (Å²) in [6.07, 6.45) is 1.49. The van der Waals surface area contributed by atoms with Gasteiger partial charge >= 0.3 is 0 Å². The number of benzene rings is 1. The van der Waals surface area contributed by atoms with Crippen molar-refractivity contribution in [1.29, 1.82) is 0 Å². The van der Waals surface area contributed by atoms with Crippen LogP contribution < -0.4 is 0 Å². The first-order valence-electron chi connectivity index (χ1n) is 4.07. The molecule has 1 heterocycles. The van der Waals surface area contributed by atoms with E-state index in [0.29, 0.717) is 15.2 Å². The van der Waals surface area contributed by atoms with Crippen molar-refractivity contribution in [3.63, 3.8) is 0 Å². The molecule has 7 heteroatoms. The zero-order valence-electron chi connectivity index (χ0n) is 7.62. The molecule has 0 radical (unpaired) electrons. The van der Waals surface area contributed by atoms with Crippen molar-refractivity contribution in [2.45, 2.75) is 4.90 Å². The Bertz CT molecular complexity index is 673. The molecule has 0 aliphatic carbocycles. The predicted molar refractivity (Wildman–Crippen MR) is 67.5 cm³/mol. The van der Waals surface area contributed by atoms with E-state index in [2.05, 4.69) is 20.9 Å². The highest BCUT2D eigenvalue weighted by atomic mass is 79.9.